The van der Waals surface area contributed by atoms with Crippen LogP contribution in [0, 0.1) is 6.92 Å². The lowest BCUT2D eigenvalue weighted by molar-refractivity contribution is 1.46. The Bertz CT molecular complexity index is 264. The van der Waals surface area contributed by atoms with Crippen LogP contribution in [-0.4, -0.2) is 5.54 Å². The molecule has 0 aliphatic heterocycles. The van der Waals surface area contributed by atoms with Crippen molar-refractivity contribution in [3.05, 3.63) is 41.4 Å². The van der Waals surface area contributed by atoms with E-state index in [-0.39, 0.29) is 0 Å². The molecule has 0 amide bonds. The molecule has 0 spiro atoms. The lowest BCUT2D eigenvalue weighted by atomic mass is 10.0. The van der Waals surface area contributed by atoms with Gasteiger partial charge in [0, 0.05) is 0 Å². The van der Waals surface area contributed by atoms with Crippen molar-refractivity contribution >= 4 is 34.5 Å². The van der Waals surface area contributed by atoms with Gasteiger partial charge in [0.15, 0.2) is 0 Å². The summed E-state index contributed by atoms with van der Waals surface area (Å²) in [5, 5.41) is 0. The van der Waals surface area contributed by atoms with E-state index < -0.39 is 5.54 Å². The SMILES string of the molecule is Cc1ccc(/C=C/B(Cl)Cl)cc1. The molecule has 0 nitrogen and oxygen atoms in total. The van der Waals surface area contributed by atoms with Gasteiger partial charge >= 0.3 is 5.54 Å². The molecule has 0 aliphatic rings. The molecular formula is C9H9BCl2. The number of rotatable bonds is 2. The minimum Gasteiger partial charge on any atom is -0.165 e. The van der Waals surface area contributed by atoms with Gasteiger partial charge in [-0.3, -0.25) is 0 Å². The topological polar surface area (TPSA) is 0 Å². The Labute approximate surface area is 83.1 Å². The van der Waals surface area contributed by atoms with Crippen molar-refractivity contribution in [1.29, 1.82) is 0 Å². The second-order valence-electron chi connectivity index (χ2n) is 2.60. The van der Waals surface area contributed by atoms with Crippen molar-refractivity contribution in [2.75, 3.05) is 0 Å². The zero-order valence-corrected chi connectivity index (χ0v) is 8.31. The van der Waals surface area contributed by atoms with Crippen molar-refractivity contribution in [2.24, 2.45) is 0 Å². The molecule has 0 atom stereocenters. The molecular weight excluding hydrogens is 190 g/mol. The molecule has 62 valence electrons. The first-order valence-corrected chi connectivity index (χ1v) is 4.59. The summed E-state index contributed by atoms with van der Waals surface area (Å²) in [6.07, 6.45) is 1.91. The zero-order valence-electron chi connectivity index (χ0n) is 6.80. The minimum absolute atomic E-state index is 0.425. The second kappa shape index (κ2) is 4.59. The van der Waals surface area contributed by atoms with Gasteiger partial charge in [0.05, 0.1) is 0 Å². The molecule has 1 aromatic rings. The number of aryl methyl sites for hydroxylation is 1. The first-order chi connectivity index (χ1) is 5.68. The highest BCUT2D eigenvalue weighted by Crippen LogP contribution is 2.07. The van der Waals surface area contributed by atoms with E-state index >= 15 is 0 Å². The Morgan fingerprint density at radius 2 is 1.75 bits per heavy atom. The third kappa shape index (κ3) is 3.33. The van der Waals surface area contributed by atoms with Crippen LogP contribution in [0.15, 0.2) is 30.2 Å². The van der Waals surface area contributed by atoms with Crippen LogP contribution in [0.3, 0.4) is 0 Å². The van der Waals surface area contributed by atoms with Crippen LogP contribution < -0.4 is 0 Å². The van der Waals surface area contributed by atoms with E-state index in [9.17, 15) is 0 Å². The summed E-state index contributed by atoms with van der Waals surface area (Å²) in [6.45, 7) is 2.05. The Kier molecular flexibility index (Phi) is 3.70. The summed E-state index contributed by atoms with van der Waals surface area (Å²) in [6, 6.07) is 8.16. The number of hydrogen-bond donors (Lipinski definition) is 0. The first-order valence-electron chi connectivity index (χ1n) is 3.71. The van der Waals surface area contributed by atoms with Crippen molar-refractivity contribution in [2.45, 2.75) is 6.92 Å². The van der Waals surface area contributed by atoms with Crippen LogP contribution in [-0.2, 0) is 0 Å². The van der Waals surface area contributed by atoms with Crippen LogP contribution in [0.2, 0.25) is 0 Å². The highest BCUT2D eigenvalue weighted by Gasteiger charge is 1.96. The maximum atomic E-state index is 5.54. The summed E-state index contributed by atoms with van der Waals surface area (Å²) in [4.78, 5) is 0. The van der Waals surface area contributed by atoms with Gasteiger partial charge < -0.3 is 0 Å². The normalized spacial score (nSPS) is 10.6. The van der Waals surface area contributed by atoms with E-state index in [2.05, 4.69) is 19.1 Å². The maximum Gasteiger partial charge on any atom is 0.375 e. The van der Waals surface area contributed by atoms with E-state index in [0.717, 1.165) is 5.56 Å². The molecule has 0 fully saturated rings. The fourth-order valence-corrected chi connectivity index (χ4v) is 1.01. The summed E-state index contributed by atoms with van der Waals surface area (Å²) in [5.41, 5.74) is 1.94. The van der Waals surface area contributed by atoms with E-state index in [1.54, 1.807) is 5.98 Å². The molecule has 0 saturated heterocycles. The predicted molar refractivity (Wildman–Crippen MR) is 57.7 cm³/mol. The molecule has 3 heteroatoms. The summed E-state index contributed by atoms with van der Waals surface area (Å²) in [7, 11) is 0. The van der Waals surface area contributed by atoms with E-state index in [4.69, 9.17) is 22.9 Å². The van der Waals surface area contributed by atoms with Gasteiger partial charge in [0.2, 0.25) is 0 Å². The smallest absolute Gasteiger partial charge is 0.165 e. The molecule has 0 radical (unpaired) electrons. The van der Waals surface area contributed by atoms with Crippen LogP contribution in [0.25, 0.3) is 6.08 Å². The van der Waals surface area contributed by atoms with Crippen LogP contribution in [0.5, 0.6) is 0 Å². The largest absolute Gasteiger partial charge is 0.375 e. The van der Waals surface area contributed by atoms with E-state index in [0.29, 0.717) is 0 Å². The molecule has 0 aromatic heterocycles. The lowest BCUT2D eigenvalue weighted by Gasteiger charge is -1.93. The molecule has 1 rings (SSSR count). The van der Waals surface area contributed by atoms with Gasteiger partial charge in [0.1, 0.15) is 0 Å². The minimum atomic E-state index is -0.425. The Hall–Kier alpha value is -0.395. The molecule has 0 unspecified atom stereocenters. The molecule has 1 aromatic carbocycles. The summed E-state index contributed by atoms with van der Waals surface area (Å²) < 4.78 is 0. The number of benzene rings is 1. The van der Waals surface area contributed by atoms with Crippen molar-refractivity contribution < 1.29 is 0 Å². The molecule has 12 heavy (non-hydrogen) atoms. The van der Waals surface area contributed by atoms with E-state index in [1.165, 1.54) is 5.56 Å². The number of hydrogen-bond acceptors (Lipinski definition) is 0. The fourth-order valence-electron chi connectivity index (χ4n) is 0.861. The average molecular weight is 199 g/mol. The Morgan fingerprint density at radius 1 is 1.17 bits per heavy atom. The van der Waals surface area contributed by atoms with Crippen molar-refractivity contribution in [1.82, 2.24) is 0 Å². The van der Waals surface area contributed by atoms with E-state index in [1.807, 2.05) is 18.2 Å². The maximum absolute atomic E-state index is 5.54. The lowest BCUT2D eigenvalue weighted by Crippen LogP contribution is -1.83. The molecule has 0 saturated carbocycles. The van der Waals surface area contributed by atoms with Gasteiger partial charge in [-0.2, -0.15) is 22.9 Å². The predicted octanol–water partition coefficient (Wildman–Crippen LogP) is 3.51. The third-order valence-corrected chi connectivity index (χ3v) is 1.80. The van der Waals surface area contributed by atoms with Gasteiger partial charge in [-0.15, -0.1) is 0 Å². The third-order valence-electron chi connectivity index (χ3n) is 1.51. The van der Waals surface area contributed by atoms with Crippen molar-refractivity contribution in [3.8, 4) is 0 Å². The monoisotopic (exact) mass is 198 g/mol. The van der Waals surface area contributed by atoms with Gasteiger partial charge in [-0.05, 0) is 12.5 Å². The zero-order chi connectivity index (χ0) is 8.97. The van der Waals surface area contributed by atoms with Crippen LogP contribution >= 0.6 is 22.9 Å². The molecule has 0 heterocycles. The Balaban J connectivity index is 2.71. The second-order valence-corrected chi connectivity index (χ2v) is 3.77. The highest BCUT2D eigenvalue weighted by atomic mass is 35.5. The van der Waals surface area contributed by atoms with Gasteiger partial charge in [0.25, 0.3) is 0 Å². The van der Waals surface area contributed by atoms with Crippen LogP contribution in [0.1, 0.15) is 11.1 Å². The fraction of sp³-hybridized carbons (Fsp3) is 0.111. The highest BCUT2D eigenvalue weighted by molar-refractivity contribution is 7.36. The molecule has 0 aliphatic carbocycles. The van der Waals surface area contributed by atoms with Gasteiger partial charge in [-0.1, -0.05) is 41.9 Å². The van der Waals surface area contributed by atoms with Gasteiger partial charge in [-0.25, -0.2) is 0 Å². The standard InChI is InChI=1S/C9H9BCl2/c1-8-2-4-9(5-3-8)6-7-10(11)12/h2-7H,1H3/b7-6+. The first kappa shape index (κ1) is 9.69. The van der Waals surface area contributed by atoms with Crippen molar-refractivity contribution in [3.63, 3.8) is 0 Å². The molecule has 0 N–H and O–H groups in total. The quantitative estimate of drug-likeness (QED) is 0.639. The Morgan fingerprint density at radius 3 is 2.25 bits per heavy atom. The average Bonchev–Trinajstić information content (AvgIpc) is 2.03. The summed E-state index contributed by atoms with van der Waals surface area (Å²) >= 11 is 11.1. The number of halogens is 2. The summed E-state index contributed by atoms with van der Waals surface area (Å²) in [5.74, 6) is 1.74. The molecule has 0 bridgehead atoms. The van der Waals surface area contributed by atoms with Crippen LogP contribution in [0.4, 0.5) is 0 Å².